The number of benzene rings is 1. The molecule has 3 rings (SSSR count). The molecular formula is C22H36IN7O. The molecule has 31 heavy (non-hydrogen) atoms. The highest BCUT2D eigenvalue weighted by atomic mass is 127. The van der Waals surface area contributed by atoms with E-state index >= 15 is 0 Å². The zero-order valence-electron chi connectivity index (χ0n) is 18.9. The van der Waals surface area contributed by atoms with Gasteiger partial charge in [0.2, 0.25) is 0 Å². The summed E-state index contributed by atoms with van der Waals surface area (Å²) in [6.45, 7) is 8.90. The number of aromatic nitrogens is 3. The number of guanidine groups is 1. The number of halogens is 1. The highest BCUT2D eigenvalue weighted by molar-refractivity contribution is 14.0. The van der Waals surface area contributed by atoms with Gasteiger partial charge in [0, 0.05) is 51.6 Å². The second kappa shape index (κ2) is 13.5. The van der Waals surface area contributed by atoms with Crippen LogP contribution in [0.25, 0.3) is 0 Å². The van der Waals surface area contributed by atoms with Gasteiger partial charge in [-0.25, -0.2) is 4.99 Å². The molecule has 0 bridgehead atoms. The normalized spacial score (nSPS) is 14.9. The topological polar surface area (TPSA) is 79.6 Å². The van der Waals surface area contributed by atoms with Crippen LogP contribution in [0.3, 0.4) is 0 Å². The van der Waals surface area contributed by atoms with Crippen molar-refractivity contribution in [1.82, 2.24) is 25.4 Å². The third-order valence-electron chi connectivity index (χ3n) is 5.48. The summed E-state index contributed by atoms with van der Waals surface area (Å²) in [5.74, 6) is 2.60. The number of anilines is 1. The van der Waals surface area contributed by atoms with Gasteiger partial charge < -0.3 is 24.8 Å². The fourth-order valence-electron chi connectivity index (χ4n) is 3.53. The maximum atomic E-state index is 5.44. The second-order valence-electron chi connectivity index (χ2n) is 7.61. The molecule has 1 aliphatic heterocycles. The van der Waals surface area contributed by atoms with Gasteiger partial charge in [0.05, 0.1) is 0 Å². The molecule has 172 valence electrons. The van der Waals surface area contributed by atoms with Crippen molar-refractivity contribution < 1.29 is 4.74 Å². The Labute approximate surface area is 202 Å². The number of piperidine rings is 1. The molecule has 0 spiro atoms. The first-order chi connectivity index (χ1) is 14.7. The molecule has 1 saturated heterocycles. The van der Waals surface area contributed by atoms with E-state index in [-0.39, 0.29) is 24.0 Å². The van der Waals surface area contributed by atoms with Crippen LogP contribution >= 0.6 is 24.0 Å². The molecule has 9 heteroatoms. The molecule has 0 aliphatic carbocycles. The van der Waals surface area contributed by atoms with Crippen molar-refractivity contribution in [3.63, 3.8) is 0 Å². The van der Waals surface area contributed by atoms with Crippen LogP contribution < -0.4 is 15.5 Å². The molecule has 0 amide bonds. The first-order valence-corrected chi connectivity index (χ1v) is 10.9. The summed E-state index contributed by atoms with van der Waals surface area (Å²) in [5.41, 5.74) is 1.30. The van der Waals surface area contributed by atoms with E-state index in [0.29, 0.717) is 12.6 Å². The van der Waals surface area contributed by atoms with E-state index in [1.807, 2.05) is 25.5 Å². The lowest BCUT2D eigenvalue weighted by Crippen LogP contribution is -2.49. The molecule has 1 aromatic carbocycles. The summed E-state index contributed by atoms with van der Waals surface area (Å²) < 4.78 is 7.42. The van der Waals surface area contributed by atoms with Crippen molar-refractivity contribution in [3.8, 4) is 0 Å². The van der Waals surface area contributed by atoms with Crippen LogP contribution in [0, 0.1) is 6.92 Å². The second-order valence-corrected chi connectivity index (χ2v) is 7.61. The maximum absolute atomic E-state index is 5.44. The van der Waals surface area contributed by atoms with Crippen LogP contribution in [0.15, 0.2) is 35.3 Å². The van der Waals surface area contributed by atoms with Crippen molar-refractivity contribution in [2.24, 2.45) is 12.0 Å². The van der Waals surface area contributed by atoms with Gasteiger partial charge in [-0.05, 0) is 45.2 Å². The van der Waals surface area contributed by atoms with Gasteiger partial charge >= 0.3 is 0 Å². The molecule has 2 N–H and O–H groups in total. The van der Waals surface area contributed by atoms with Crippen LogP contribution in [0.5, 0.6) is 0 Å². The zero-order chi connectivity index (χ0) is 21.2. The lowest BCUT2D eigenvalue weighted by Gasteiger charge is -2.34. The van der Waals surface area contributed by atoms with Crippen LogP contribution in [0.2, 0.25) is 0 Å². The number of nitrogens with zero attached hydrogens (tertiary/aromatic N) is 5. The Morgan fingerprint density at radius 1 is 1.19 bits per heavy atom. The summed E-state index contributed by atoms with van der Waals surface area (Å²) in [6, 6.07) is 11.0. The highest BCUT2D eigenvalue weighted by Crippen LogP contribution is 2.19. The number of para-hydroxylation sites is 1. The number of rotatable bonds is 9. The number of ether oxygens (including phenoxy) is 1. The Morgan fingerprint density at radius 3 is 2.58 bits per heavy atom. The average molecular weight is 541 g/mol. The van der Waals surface area contributed by atoms with E-state index < -0.39 is 0 Å². The van der Waals surface area contributed by atoms with E-state index in [1.54, 1.807) is 0 Å². The first-order valence-electron chi connectivity index (χ1n) is 10.9. The van der Waals surface area contributed by atoms with E-state index in [2.05, 4.69) is 56.1 Å². The fraction of sp³-hybridized carbons (Fsp3) is 0.591. The number of hydrogen-bond donors (Lipinski definition) is 2. The Kier molecular flexibility index (Phi) is 11.1. The minimum absolute atomic E-state index is 0. The third-order valence-corrected chi connectivity index (χ3v) is 5.48. The van der Waals surface area contributed by atoms with E-state index in [1.165, 1.54) is 5.69 Å². The average Bonchev–Trinajstić information content (AvgIpc) is 3.10. The molecule has 0 radical (unpaired) electrons. The van der Waals surface area contributed by atoms with Gasteiger partial charge in [-0.1, -0.05) is 18.2 Å². The molecule has 1 aliphatic rings. The molecule has 2 aromatic rings. The molecule has 2 heterocycles. The lowest BCUT2D eigenvalue weighted by atomic mass is 10.0. The van der Waals surface area contributed by atoms with Crippen molar-refractivity contribution >= 4 is 35.6 Å². The summed E-state index contributed by atoms with van der Waals surface area (Å²) in [4.78, 5) is 7.23. The number of aliphatic imine (C=N–C) groups is 1. The Balaban J connectivity index is 0.00000341. The van der Waals surface area contributed by atoms with Crippen LogP contribution in [0.4, 0.5) is 5.69 Å². The fourth-order valence-corrected chi connectivity index (χ4v) is 3.53. The standard InChI is InChI=1S/C22H35N7O.HI/c1-4-30-16-8-13-23-22(24-17-21-27-26-18(2)28(21)3)25-19-11-14-29(15-12-19)20-9-6-5-7-10-20;/h5-7,9-10,19H,4,8,11-17H2,1-3H3,(H2,23,24,25);1H. The van der Waals surface area contributed by atoms with Crippen molar-refractivity contribution in [2.45, 2.75) is 45.7 Å². The van der Waals surface area contributed by atoms with Gasteiger partial charge in [0.1, 0.15) is 12.4 Å². The van der Waals surface area contributed by atoms with E-state index in [4.69, 9.17) is 9.73 Å². The summed E-state index contributed by atoms with van der Waals surface area (Å²) in [5, 5.41) is 15.4. The van der Waals surface area contributed by atoms with Gasteiger partial charge in [-0.15, -0.1) is 34.2 Å². The summed E-state index contributed by atoms with van der Waals surface area (Å²) >= 11 is 0. The predicted molar refractivity (Wildman–Crippen MR) is 136 cm³/mol. The smallest absolute Gasteiger partial charge is 0.191 e. The highest BCUT2D eigenvalue weighted by Gasteiger charge is 2.20. The minimum atomic E-state index is 0. The molecular weight excluding hydrogens is 505 g/mol. The Morgan fingerprint density at radius 2 is 1.94 bits per heavy atom. The van der Waals surface area contributed by atoms with Crippen molar-refractivity contribution in [2.75, 3.05) is 37.7 Å². The molecule has 8 nitrogen and oxygen atoms in total. The lowest BCUT2D eigenvalue weighted by molar-refractivity contribution is 0.145. The number of nitrogens with one attached hydrogen (secondary N) is 2. The van der Waals surface area contributed by atoms with Crippen molar-refractivity contribution in [3.05, 3.63) is 42.0 Å². The van der Waals surface area contributed by atoms with Gasteiger partial charge in [0.15, 0.2) is 11.8 Å². The monoisotopic (exact) mass is 541 g/mol. The predicted octanol–water partition coefficient (Wildman–Crippen LogP) is 2.87. The largest absolute Gasteiger partial charge is 0.382 e. The molecule has 0 atom stereocenters. The summed E-state index contributed by atoms with van der Waals surface area (Å²) in [7, 11) is 1.97. The molecule has 0 unspecified atom stereocenters. The maximum Gasteiger partial charge on any atom is 0.191 e. The summed E-state index contributed by atoms with van der Waals surface area (Å²) in [6.07, 6.45) is 3.11. The first kappa shape index (κ1) is 25.4. The minimum Gasteiger partial charge on any atom is -0.382 e. The third kappa shape index (κ3) is 7.95. The van der Waals surface area contributed by atoms with Gasteiger partial charge in [-0.3, -0.25) is 0 Å². The van der Waals surface area contributed by atoms with Crippen molar-refractivity contribution in [1.29, 1.82) is 0 Å². The van der Waals surface area contributed by atoms with Crippen LogP contribution in [0.1, 0.15) is 37.8 Å². The quantitative estimate of drug-likeness (QED) is 0.220. The van der Waals surface area contributed by atoms with Crippen LogP contribution in [-0.2, 0) is 18.3 Å². The van der Waals surface area contributed by atoms with Gasteiger partial charge in [0.25, 0.3) is 0 Å². The Hall–Kier alpha value is -1.88. The number of hydrogen-bond acceptors (Lipinski definition) is 5. The Bertz CT molecular complexity index is 788. The van der Waals surface area contributed by atoms with E-state index in [9.17, 15) is 0 Å². The van der Waals surface area contributed by atoms with Crippen LogP contribution in [-0.4, -0.2) is 59.6 Å². The van der Waals surface area contributed by atoms with Gasteiger partial charge in [-0.2, -0.15) is 0 Å². The molecule has 0 saturated carbocycles. The molecule has 1 aromatic heterocycles. The molecule has 1 fully saturated rings. The number of aryl methyl sites for hydroxylation is 1. The SMILES string of the molecule is CCOCCCNC(=NCc1nnc(C)n1C)NC1CCN(c2ccccc2)CC1.I. The zero-order valence-corrected chi connectivity index (χ0v) is 21.2. The van der Waals surface area contributed by atoms with E-state index in [0.717, 1.165) is 69.7 Å².